The number of carbonyl (C=O) groups is 1. The minimum atomic E-state index is -0.927. The van der Waals surface area contributed by atoms with E-state index in [4.69, 9.17) is 30.8 Å². The van der Waals surface area contributed by atoms with Gasteiger partial charge in [0.15, 0.2) is 11.0 Å². The lowest BCUT2D eigenvalue weighted by molar-refractivity contribution is 0.0635. The van der Waals surface area contributed by atoms with Crippen LogP contribution in [0.25, 0.3) is 10.9 Å². The van der Waals surface area contributed by atoms with E-state index in [0.717, 1.165) is 19.4 Å². The summed E-state index contributed by atoms with van der Waals surface area (Å²) in [5.41, 5.74) is -0.592. The Morgan fingerprint density at radius 3 is 2.86 bits per heavy atom. The minimum absolute atomic E-state index is 0.0619. The Balaban J connectivity index is 1.40. The van der Waals surface area contributed by atoms with Gasteiger partial charge in [0, 0.05) is 24.7 Å². The lowest BCUT2D eigenvalue weighted by Gasteiger charge is -2.33. The molecule has 44 heavy (non-hydrogen) atoms. The van der Waals surface area contributed by atoms with Crippen molar-refractivity contribution in [3.63, 3.8) is 0 Å². The van der Waals surface area contributed by atoms with Crippen LogP contribution in [0.15, 0.2) is 18.3 Å². The van der Waals surface area contributed by atoms with E-state index in [1.165, 1.54) is 0 Å². The molecular weight excluding hydrogens is 596 g/mol. The fourth-order valence-corrected chi connectivity index (χ4v) is 6.61. The number of carbonyl (C=O) groups excluding carboxylic acids is 1. The highest BCUT2D eigenvalue weighted by Gasteiger charge is 2.49. The predicted molar refractivity (Wildman–Crippen MR) is 161 cm³/mol. The number of anilines is 2. The van der Waals surface area contributed by atoms with Crippen molar-refractivity contribution < 1.29 is 27.8 Å². The zero-order chi connectivity index (χ0) is 31.4. The van der Waals surface area contributed by atoms with E-state index in [2.05, 4.69) is 25.2 Å². The maximum absolute atomic E-state index is 15.6. The molecule has 2 fully saturated rings. The summed E-state index contributed by atoms with van der Waals surface area (Å²) < 4.78 is 47.7. The van der Waals surface area contributed by atoms with Gasteiger partial charge in [-0.25, -0.2) is 18.6 Å². The summed E-state index contributed by atoms with van der Waals surface area (Å²) in [6.07, 6.45) is 1.69. The normalized spacial score (nSPS) is 24.0. The third-order valence-corrected chi connectivity index (χ3v) is 8.57. The Bertz CT molecular complexity index is 1590. The fraction of sp³-hybridized carbons (Fsp3) is 0.567. The number of nitrogens with zero attached hydrogens (tertiary/aromatic N) is 6. The van der Waals surface area contributed by atoms with Gasteiger partial charge in [0.2, 0.25) is 5.88 Å². The first-order chi connectivity index (χ1) is 20.8. The first-order valence-corrected chi connectivity index (χ1v) is 15.2. The molecule has 4 atom stereocenters. The van der Waals surface area contributed by atoms with Crippen LogP contribution in [0, 0.1) is 5.82 Å². The molecule has 0 saturated carbocycles. The SMILES string of the molecule is C[C@H](c1cccnc1NC(=O)OC(C)(C)C)N1C[C@H](C)Oc2nc(Cl)c(F)c3nc(OC[C@@]45CCCN4C[C@H](F)C5)nc1c23. The van der Waals surface area contributed by atoms with Crippen LogP contribution < -0.4 is 19.7 Å². The van der Waals surface area contributed by atoms with Gasteiger partial charge in [0.05, 0.1) is 18.1 Å². The van der Waals surface area contributed by atoms with Crippen molar-refractivity contribution in [1.29, 1.82) is 0 Å². The summed E-state index contributed by atoms with van der Waals surface area (Å²) in [5, 5.41) is 2.61. The molecule has 1 N–H and O–H groups in total. The monoisotopic (exact) mass is 631 g/mol. The first-order valence-electron chi connectivity index (χ1n) is 14.8. The molecule has 0 radical (unpaired) electrons. The summed E-state index contributed by atoms with van der Waals surface area (Å²) in [6.45, 7) is 10.7. The Morgan fingerprint density at radius 2 is 2.09 bits per heavy atom. The van der Waals surface area contributed by atoms with Crippen molar-refractivity contribution in [2.75, 3.05) is 36.5 Å². The van der Waals surface area contributed by atoms with Crippen molar-refractivity contribution in [2.45, 2.75) is 83.3 Å². The number of rotatable bonds is 6. The van der Waals surface area contributed by atoms with Crippen molar-refractivity contribution in [2.24, 2.45) is 0 Å². The number of ether oxygens (including phenoxy) is 3. The van der Waals surface area contributed by atoms with Crippen LogP contribution >= 0.6 is 11.6 Å². The highest BCUT2D eigenvalue weighted by atomic mass is 35.5. The van der Waals surface area contributed by atoms with Gasteiger partial charge in [-0.3, -0.25) is 10.2 Å². The second kappa shape index (κ2) is 11.4. The molecule has 14 heteroatoms. The molecule has 0 aromatic carbocycles. The molecule has 0 spiro atoms. The molecular formula is C30H36ClF2N7O4. The van der Waals surface area contributed by atoms with Crippen LogP contribution in [0.3, 0.4) is 0 Å². The molecule has 0 aliphatic carbocycles. The van der Waals surface area contributed by atoms with Gasteiger partial charge in [-0.1, -0.05) is 17.7 Å². The highest BCUT2D eigenvalue weighted by Crippen LogP contribution is 2.43. The van der Waals surface area contributed by atoms with E-state index in [0.29, 0.717) is 36.7 Å². The van der Waals surface area contributed by atoms with Crippen LogP contribution in [-0.4, -0.2) is 80.6 Å². The van der Waals surface area contributed by atoms with E-state index in [1.54, 1.807) is 33.0 Å². The molecule has 6 rings (SSSR count). The maximum atomic E-state index is 15.6. The van der Waals surface area contributed by atoms with Crippen molar-refractivity contribution >= 4 is 40.2 Å². The number of aromatic nitrogens is 4. The van der Waals surface area contributed by atoms with E-state index in [9.17, 15) is 9.18 Å². The second-order valence-electron chi connectivity index (χ2n) is 12.8. The number of pyridine rings is 2. The third-order valence-electron chi connectivity index (χ3n) is 8.32. The second-order valence-corrected chi connectivity index (χ2v) is 13.1. The predicted octanol–water partition coefficient (Wildman–Crippen LogP) is 5.86. The van der Waals surface area contributed by atoms with Crippen LogP contribution in [0.4, 0.5) is 25.2 Å². The number of halogens is 3. The van der Waals surface area contributed by atoms with E-state index in [1.807, 2.05) is 24.8 Å². The Hall–Kier alpha value is -3.58. The number of hydrogen-bond acceptors (Lipinski definition) is 10. The lowest BCUT2D eigenvalue weighted by Crippen LogP contribution is -2.43. The Kier molecular flexibility index (Phi) is 7.89. The van der Waals surface area contributed by atoms with Gasteiger partial charge < -0.3 is 19.1 Å². The molecule has 3 aromatic heterocycles. The standard InChI is InChI=1S/C30H36ClF2N7O4/c1-16-13-40(17(2)19-8-6-10-34-24(19)37-28(41)44-29(3,4)5)25-20-22(21(33)23(31)36-26(20)43-16)35-27(38-25)42-15-30-9-7-11-39(30)14-18(32)12-30/h6,8,10,16-18H,7,9,11-15H2,1-5H3,(H,34,37,41)/t16-,17+,18+,30-/m0/s1. The molecule has 2 saturated heterocycles. The molecule has 6 heterocycles. The average Bonchev–Trinajstić information content (AvgIpc) is 3.42. The topological polar surface area (TPSA) is 115 Å². The Labute approximate surface area is 259 Å². The van der Waals surface area contributed by atoms with E-state index in [-0.39, 0.29) is 34.6 Å². The average molecular weight is 632 g/mol. The van der Waals surface area contributed by atoms with Crippen LogP contribution in [-0.2, 0) is 4.74 Å². The van der Waals surface area contributed by atoms with Gasteiger partial charge in [-0.15, -0.1) is 0 Å². The van der Waals surface area contributed by atoms with Crippen LogP contribution in [0.1, 0.15) is 65.5 Å². The molecule has 1 amide bonds. The minimum Gasteiger partial charge on any atom is -0.472 e. The first kappa shape index (κ1) is 30.4. The lowest BCUT2D eigenvalue weighted by atomic mass is 9.95. The molecule has 0 unspecified atom stereocenters. The highest BCUT2D eigenvalue weighted by molar-refractivity contribution is 6.30. The molecule has 11 nitrogen and oxygen atoms in total. The quantitative estimate of drug-likeness (QED) is 0.332. The largest absolute Gasteiger partial charge is 0.472 e. The van der Waals surface area contributed by atoms with Crippen molar-refractivity contribution in [3.05, 3.63) is 34.9 Å². The summed E-state index contributed by atoms with van der Waals surface area (Å²) >= 11 is 6.19. The number of hydrogen-bond donors (Lipinski definition) is 1. The van der Waals surface area contributed by atoms with Gasteiger partial charge >= 0.3 is 12.1 Å². The van der Waals surface area contributed by atoms with E-state index < -0.39 is 41.4 Å². The fourth-order valence-electron chi connectivity index (χ4n) is 6.44. The van der Waals surface area contributed by atoms with E-state index >= 15 is 4.39 Å². The smallest absolute Gasteiger partial charge is 0.413 e. The maximum Gasteiger partial charge on any atom is 0.413 e. The number of nitrogens with one attached hydrogen (secondary N) is 1. The van der Waals surface area contributed by atoms with Crippen molar-refractivity contribution in [3.8, 4) is 11.9 Å². The summed E-state index contributed by atoms with van der Waals surface area (Å²) in [5.74, 6) is -0.104. The molecule has 3 aliphatic rings. The van der Waals surface area contributed by atoms with Gasteiger partial charge in [-0.2, -0.15) is 15.0 Å². The van der Waals surface area contributed by atoms with Gasteiger partial charge in [0.1, 0.15) is 47.0 Å². The summed E-state index contributed by atoms with van der Waals surface area (Å²) in [7, 11) is 0. The molecule has 3 aromatic rings. The summed E-state index contributed by atoms with van der Waals surface area (Å²) in [4.78, 5) is 34.5. The Morgan fingerprint density at radius 1 is 1.30 bits per heavy atom. The number of alkyl halides is 1. The zero-order valence-electron chi connectivity index (χ0n) is 25.4. The molecule has 3 aliphatic heterocycles. The molecule has 236 valence electrons. The molecule has 0 bridgehead atoms. The van der Waals surface area contributed by atoms with Gasteiger partial charge in [-0.05, 0) is 60.1 Å². The number of amides is 1. The van der Waals surface area contributed by atoms with Gasteiger partial charge in [0.25, 0.3) is 0 Å². The van der Waals surface area contributed by atoms with Crippen LogP contribution in [0.5, 0.6) is 11.9 Å². The summed E-state index contributed by atoms with van der Waals surface area (Å²) in [6, 6.07) is 3.07. The zero-order valence-corrected chi connectivity index (χ0v) is 26.1. The van der Waals surface area contributed by atoms with Crippen molar-refractivity contribution in [1.82, 2.24) is 24.8 Å². The number of fused-ring (bicyclic) bond motifs is 1. The third kappa shape index (κ3) is 5.79. The van der Waals surface area contributed by atoms with Crippen LogP contribution in [0.2, 0.25) is 5.15 Å².